The van der Waals surface area contributed by atoms with Crippen LogP contribution in [0.15, 0.2) is 17.2 Å². The number of sulfonamides is 1. The number of aromatic nitrogens is 1. The molecule has 0 saturated carbocycles. The summed E-state index contributed by atoms with van der Waals surface area (Å²) in [6, 6.07) is 1.38. The van der Waals surface area contributed by atoms with Gasteiger partial charge in [0.25, 0.3) is 5.91 Å². The van der Waals surface area contributed by atoms with Crippen molar-refractivity contribution in [1.82, 2.24) is 8.87 Å². The molecular formula is C19H25N3O5S2. The van der Waals surface area contributed by atoms with Gasteiger partial charge in [-0.2, -0.15) is 4.31 Å². The van der Waals surface area contributed by atoms with E-state index < -0.39 is 21.9 Å². The Morgan fingerprint density at radius 3 is 2.52 bits per heavy atom. The van der Waals surface area contributed by atoms with Gasteiger partial charge in [-0.3, -0.25) is 4.79 Å². The van der Waals surface area contributed by atoms with Gasteiger partial charge in [-0.25, -0.2) is 13.2 Å². The fourth-order valence-corrected chi connectivity index (χ4v) is 5.94. The minimum atomic E-state index is -3.62. The van der Waals surface area contributed by atoms with Gasteiger partial charge in [-0.15, -0.1) is 11.3 Å². The van der Waals surface area contributed by atoms with Gasteiger partial charge in [0.15, 0.2) is 0 Å². The third-order valence-corrected chi connectivity index (χ3v) is 7.99. The molecule has 8 nitrogen and oxygen atoms in total. The van der Waals surface area contributed by atoms with Gasteiger partial charge in [0.2, 0.25) is 10.0 Å². The summed E-state index contributed by atoms with van der Waals surface area (Å²) in [5.74, 6) is -0.976. The van der Waals surface area contributed by atoms with Crippen molar-refractivity contribution < 1.29 is 22.7 Å². The third-order valence-electron chi connectivity index (χ3n) is 5.01. The molecular weight excluding hydrogens is 414 g/mol. The molecule has 10 heteroatoms. The number of amides is 1. The van der Waals surface area contributed by atoms with Crippen LogP contribution < -0.4 is 5.32 Å². The normalized spacial score (nSPS) is 14.9. The summed E-state index contributed by atoms with van der Waals surface area (Å²) >= 11 is 1.29. The van der Waals surface area contributed by atoms with Crippen LogP contribution >= 0.6 is 11.3 Å². The van der Waals surface area contributed by atoms with Gasteiger partial charge in [0, 0.05) is 31.2 Å². The molecule has 1 fully saturated rings. The summed E-state index contributed by atoms with van der Waals surface area (Å²) in [6.07, 6.45) is 3.12. The number of esters is 1. The van der Waals surface area contributed by atoms with Crippen molar-refractivity contribution in [2.75, 3.05) is 25.0 Å². The highest BCUT2D eigenvalue weighted by Gasteiger charge is 2.30. The molecule has 1 N–H and O–H groups in total. The maximum absolute atomic E-state index is 12.9. The molecule has 0 radical (unpaired) electrons. The number of carbonyl (C=O) groups excluding carboxylic acids is 2. The number of nitrogens with zero attached hydrogens (tertiary/aromatic N) is 2. The number of thiophene rings is 1. The molecule has 0 atom stereocenters. The van der Waals surface area contributed by atoms with Crippen molar-refractivity contribution in [1.29, 1.82) is 0 Å². The van der Waals surface area contributed by atoms with Crippen molar-refractivity contribution in [3.63, 3.8) is 0 Å². The molecule has 1 aliphatic rings. The quantitative estimate of drug-likeness (QED) is 0.698. The Kier molecular flexibility index (Phi) is 6.16. The molecule has 29 heavy (non-hydrogen) atoms. The summed E-state index contributed by atoms with van der Waals surface area (Å²) in [4.78, 5) is 26.2. The van der Waals surface area contributed by atoms with E-state index in [9.17, 15) is 18.0 Å². The lowest BCUT2D eigenvalue weighted by atomic mass is 10.1. The number of hydrogen-bond acceptors (Lipinski definition) is 6. The second kappa shape index (κ2) is 8.29. The van der Waals surface area contributed by atoms with E-state index in [0.29, 0.717) is 23.7 Å². The fourth-order valence-electron chi connectivity index (χ4n) is 3.31. The first-order valence-electron chi connectivity index (χ1n) is 9.41. The molecule has 3 heterocycles. The number of carbonyl (C=O) groups is 2. The summed E-state index contributed by atoms with van der Waals surface area (Å²) < 4.78 is 33.6. The minimum absolute atomic E-state index is 0.0937. The van der Waals surface area contributed by atoms with Crippen LogP contribution in [0.2, 0.25) is 0 Å². The molecule has 0 unspecified atom stereocenters. The van der Waals surface area contributed by atoms with Crippen LogP contribution in [0.3, 0.4) is 0 Å². The van der Waals surface area contributed by atoms with Crippen LogP contribution in [0.1, 0.15) is 51.1 Å². The largest absolute Gasteiger partial charge is 0.462 e. The predicted molar refractivity (Wildman–Crippen MR) is 111 cm³/mol. The Balaban J connectivity index is 1.89. The van der Waals surface area contributed by atoms with Gasteiger partial charge in [-0.1, -0.05) is 0 Å². The summed E-state index contributed by atoms with van der Waals surface area (Å²) in [6.45, 7) is 6.61. The van der Waals surface area contributed by atoms with E-state index in [4.69, 9.17) is 4.74 Å². The molecule has 1 saturated heterocycles. The van der Waals surface area contributed by atoms with Crippen molar-refractivity contribution >= 4 is 38.2 Å². The lowest BCUT2D eigenvalue weighted by molar-refractivity contribution is 0.0527. The smallest absolute Gasteiger partial charge is 0.341 e. The zero-order valence-electron chi connectivity index (χ0n) is 16.9. The fraction of sp³-hybridized carbons (Fsp3) is 0.474. The van der Waals surface area contributed by atoms with Crippen LogP contribution in [0.4, 0.5) is 5.00 Å². The second-order valence-electron chi connectivity index (χ2n) is 6.95. The first-order chi connectivity index (χ1) is 13.7. The Morgan fingerprint density at radius 1 is 1.24 bits per heavy atom. The van der Waals surface area contributed by atoms with Gasteiger partial charge in [-0.05, 0) is 45.2 Å². The van der Waals surface area contributed by atoms with E-state index in [1.165, 1.54) is 32.5 Å². The number of ether oxygens (including phenoxy) is 1. The number of nitrogens with one attached hydrogen (secondary N) is 1. The van der Waals surface area contributed by atoms with E-state index in [1.807, 2.05) is 6.92 Å². The van der Waals surface area contributed by atoms with Crippen LogP contribution in [0, 0.1) is 13.8 Å². The van der Waals surface area contributed by atoms with E-state index in [2.05, 4.69) is 5.32 Å². The first kappa shape index (κ1) is 21.5. The van der Waals surface area contributed by atoms with E-state index in [1.54, 1.807) is 20.9 Å². The topological polar surface area (TPSA) is 97.7 Å². The standard InChI is InChI=1S/C19H25N3O5S2/c1-5-27-19(24)16-12(2)13(3)28-18(16)20-17(23)15-10-14(11-21(15)4)29(25,26)22-8-6-7-9-22/h10-11H,5-9H2,1-4H3,(H,20,23). The lowest BCUT2D eigenvalue weighted by Gasteiger charge is -2.13. The minimum Gasteiger partial charge on any atom is -0.462 e. The summed E-state index contributed by atoms with van der Waals surface area (Å²) in [7, 11) is -2.00. The van der Waals surface area contributed by atoms with E-state index >= 15 is 0 Å². The highest BCUT2D eigenvalue weighted by molar-refractivity contribution is 7.89. The van der Waals surface area contributed by atoms with Crippen molar-refractivity contribution in [3.8, 4) is 0 Å². The number of aryl methyl sites for hydroxylation is 2. The predicted octanol–water partition coefficient (Wildman–Crippen LogP) is 2.92. The number of hydrogen-bond donors (Lipinski definition) is 1. The third kappa shape index (κ3) is 4.10. The monoisotopic (exact) mass is 439 g/mol. The Bertz CT molecular complexity index is 1050. The zero-order chi connectivity index (χ0) is 21.3. The molecule has 1 amide bonds. The van der Waals surface area contributed by atoms with E-state index in [0.717, 1.165) is 23.3 Å². The SMILES string of the molecule is CCOC(=O)c1c(NC(=O)c2cc(S(=O)(=O)N3CCCC3)cn2C)sc(C)c1C. The average molecular weight is 440 g/mol. The molecule has 2 aromatic rings. The average Bonchev–Trinajstić information content (AvgIpc) is 3.36. The number of rotatable bonds is 6. The molecule has 158 valence electrons. The first-order valence-corrected chi connectivity index (χ1v) is 11.7. The highest BCUT2D eigenvalue weighted by Crippen LogP contribution is 2.33. The van der Waals surface area contributed by atoms with Gasteiger partial charge >= 0.3 is 5.97 Å². The Labute approximate surface area is 174 Å². The molecule has 0 aromatic carbocycles. The van der Waals surface area contributed by atoms with Gasteiger partial charge < -0.3 is 14.6 Å². The van der Waals surface area contributed by atoms with Crippen LogP contribution in [-0.2, 0) is 21.8 Å². The molecule has 2 aromatic heterocycles. The van der Waals surface area contributed by atoms with Gasteiger partial charge in [0.05, 0.1) is 12.2 Å². The lowest BCUT2D eigenvalue weighted by Crippen LogP contribution is -2.27. The zero-order valence-corrected chi connectivity index (χ0v) is 18.6. The molecule has 0 bridgehead atoms. The second-order valence-corrected chi connectivity index (χ2v) is 10.1. The molecule has 1 aliphatic heterocycles. The summed E-state index contributed by atoms with van der Waals surface area (Å²) in [5.41, 5.74) is 1.29. The Morgan fingerprint density at radius 2 is 1.90 bits per heavy atom. The molecule has 0 aliphatic carbocycles. The summed E-state index contributed by atoms with van der Waals surface area (Å²) in [5, 5.41) is 3.15. The van der Waals surface area contributed by atoms with Crippen molar-refractivity contribution in [2.24, 2.45) is 7.05 Å². The highest BCUT2D eigenvalue weighted by atomic mass is 32.2. The Hall–Kier alpha value is -2.17. The van der Waals surface area contributed by atoms with Crippen LogP contribution in [0.5, 0.6) is 0 Å². The maximum Gasteiger partial charge on any atom is 0.341 e. The van der Waals surface area contributed by atoms with Gasteiger partial charge in [0.1, 0.15) is 15.6 Å². The van der Waals surface area contributed by atoms with Crippen LogP contribution in [0.25, 0.3) is 0 Å². The molecule has 0 spiro atoms. The number of anilines is 1. The van der Waals surface area contributed by atoms with E-state index in [-0.39, 0.29) is 17.2 Å². The van der Waals surface area contributed by atoms with Crippen molar-refractivity contribution in [3.05, 3.63) is 34.0 Å². The maximum atomic E-state index is 12.9. The van der Waals surface area contributed by atoms with Crippen LogP contribution in [-0.4, -0.2) is 48.9 Å². The van der Waals surface area contributed by atoms with Crippen molar-refractivity contribution in [2.45, 2.75) is 38.5 Å². The molecule has 3 rings (SSSR count).